The molecule has 7 heteroatoms. The van der Waals surface area contributed by atoms with Gasteiger partial charge in [-0.05, 0) is 49.1 Å². The topological polar surface area (TPSA) is 62.8 Å². The molecule has 0 aliphatic carbocycles. The zero-order chi connectivity index (χ0) is 20.8. The maximum Gasteiger partial charge on any atom is 0.257 e. The summed E-state index contributed by atoms with van der Waals surface area (Å²) in [4.78, 5) is 14.5. The Bertz CT molecular complexity index is 846. The lowest BCUT2D eigenvalue weighted by Gasteiger charge is -2.20. The van der Waals surface area contributed by atoms with Crippen LogP contribution in [0.15, 0.2) is 42.5 Å². The van der Waals surface area contributed by atoms with Crippen molar-refractivity contribution >= 4 is 5.91 Å². The van der Waals surface area contributed by atoms with E-state index in [0.29, 0.717) is 23.6 Å². The minimum atomic E-state index is -0.221. The largest absolute Gasteiger partial charge is 0.497 e. The molecule has 29 heavy (non-hydrogen) atoms. The Kier molecular flexibility index (Phi) is 7.06. The van der Waals surface area contributed by atoms with Crippen LogP contribution >= 0.6 is 0 Å². The Balaban J connectivity index is 1.49. The number of nitrogens with zero attached hydrogens (tertiary/aromatic N) is 1. The van der Waals surface area contributed by atoms with Crippen LogP contribution in [0.5, 0.6) is 11.5 Å². The van der Waals surface area contributed by atoms with E-state index in [-0.39, 0.29) is 23.8 Å². The van der Waals surface area contributed by atoms with Crippen molar-refractivity contribution in [2.75, 3.05) is 27.8 Å². The molecule has 2 atom stereocenters. The molecule has 2 unspecified atom stereocenters. The molecule has 0 spiro atoms. The zero-order valence-corrected chi connectivity index (χ0v) is 17.1. The van der Waals surface area contributed by atoms with Crippen LogP contribution in [-0.4, -0.2) is 44.7 Å². The Morgan fingerprint density at radius 3 is 2.72 bits per heavy atom. The molecule has 6 nitrogen and oxygen atoms in total. The third-order valence-corrected chi connectivity index (χ3v) is 5.26. The van der Waals surface area contributed by atoms with Gasteiger partial charge in [-0.1, -0.05) is 12.1 Å². The fourth-order valence-electron chi connectivity index (χ4n) is 3.61. The lowest BCUT2D eigenvalue weighted by molar-refractivity contribution is 0.0788. The van der Waals surface area contributed by atoms with Gasteiger partial charge in [0.2, 0.25) is 0 Å². The molecule has 1 heterocycles. The number of ether oxygens (including phenoxy) is 2. The number of nitrogens with one attached hydrogen (secondary N) is 2. The van der Waals surface area contributed by atoms with E-state index in [0.717, 1.165) is 24.8 Å². The monoisotopic (exact) mass is 401 g/mol. The van der Waals surface area contributed by atoms with Gasteiger partial charge >= 0.3 is 0 Å². The Morgan fingerprint density at radius 1 is 1.17 bits per heavy atom. The Hall–Kier alpha value is -2.64. The third-order valence-electron chi connectivity index (χ3n) is 5.26. The van der Waals surface area contributed by atoms with Gasteiger partial charge in [-0.25, -0.2) is 4.39 Å². The summed E-state index contributed by atoms with van der Waals surface area (Å²) in [5.74, 6) is 0.844. The highest BCUT2D eigenvalue weighted by molar-refractivity contribution is 5.97. The molecule has 1 aliphatic heterocycles. The van der Waals surface area contributed by atoms with Crippen molar-refractivity contribution in [1.82, 2.24) is 15.8 Å². The first kappa shape index (κ1) is 21.1. The summed E-state index contributed by atoms with van der Waals surface area (Å²) < 4.78 is 23.9. The first-order valence-corrected chi connectivity index (χ1v) is 9.76. The van der Waals surface area contributed by atoms with E-state index < -0.39 is 0 Å². The van der Waals surface area contributed by atoms with Crippen molar-refractivity contribution in [1.29, 1.82) is 0 Å². The number of rotatable bonds is 8. The van der Waals surface area contributed by atoms with Gasteiger partial charge in [-0.2, -0.15) is 0 Å². The van der Waals surface area contributed by atoms with Crippen LogP contribution in [0.3, 0.4) is 0 Å². The van der Waals surface area contributed by atoms with Crippen LogP contribution in [0.25, 0.3) is 0 Å². The number of benzene rings is 2. The van der Waals surface area contributed by atoms with Crippen LogP contribution < -0.4 is 20.3 Å². The van der Waals surface area contributed by atoms with Crippen molar-refractivity contribution in [3.8, 4) is 11.5 Å². The summed E-state index contributed by atoms with van der Waals surface area (Å²) in [6, 6.07) is 12.2. The highest BCUT2D eigenvalue weighted by Crippen LogP contribution is 2.26. The van der Waals surface area contributed by atoms with Crippen molar-refractivity contribution in [3.05, 3.63) is 59.4 Å². The maximum atomic E-state index is 13.4. The smallest absolute Gasteiger partial charge is 0.257 e. The predicted octanol–water partition coefficient (Wildman–Crippen LogP) is 3.30. The fourth-order valence-corrected chi connectivity index (χ4v) is 3.61. The number of methoxy groups -OCH3 is 2. The van der Waals surface area contributed by atoms with Gasteiger partial charge in [0.1, 0.15) is 17.3 Å². The first-order chi connectivity index (χ1) is 14.0. The van der Waals surface area contributed by atoms with Crippen LogP contribution in [0.4, 0.5) is 4.39 Å². The SMILES string of the molecule is COc1ccc(C(=O)N(C)CCCC2CC(c3cccc(F)c3)NN2)c(OC)c1. The summed E-state index contributed by atoms with van der Waals surface area (Å²) in [5.41, 5.74) is 7.98. The summed E-state index contributed by atoms with van der Waals surface area (Å²) >= 11 is 0. The second-order valence-corrected chi connectivity index (χ2v) is 7.26. The second kappa shape index (κ2) is 9.71. The maximum absolute atomic E-state index is 13.4. The lowest BCUT2D eigenvalue weighted by atomic mass is 9.99. The Morgan fingerprint density at radius 2 is 2.00 bits per heavy atom. The fraction of sp³-hybridized carbons (Fsp3) is 0.409. The van der Waals surface area contributed by atoms with Crippen molar-refractivity contribution in [2.24, 2.45) is 0 Å². The van der Waals surface area contributed by atoms with Gasteiger partial charge in [0, 0.05) is 31.7 Å². The summed E-state index contributed by atoms with van der Waals surface area (Å²) in [6.45, 7) is 0.636. The minimum Gasteiger partial charge on any atom is -0.497 e. The number of halogens is 1. The molecule has 0 bridgehead atoms. The van der Waals surface area contributed by atoms with Crippen molar-refractivity contribution in [3.63, 3.8) is 0 Å². The predicted molar refractivity (Wildman–Crippen MR) is 110 cm³/mol. The number of amides is 1. The molecule has 2 aromatic carbocycles. The van der Waals surface area contributed by atoms with Crippen molar-refractivity contribution in [2.45, 2.75) is 31.3 Å². The highest BCUT2D eigenvalue weighted by Gasteiger charge is 2.25. The summed E-state index contributed by atoms with van der Waals surface area (Å²) in [7, 11) is 4.91. The molecule has 1 aliphatic rings. The zero-order valence-electron chi connectivity index (χ0n) is 17.1. The van der Waals surface area contributed by atoms with E-state index in [4.69, 9.17) is 9.47 Å². The first-order valence-electron chi connectivity index (χ1n) is 9.76. The Labute approximate surface area is 171 Å². The molecule has 2 N–H and O–H groups in total. The number of hydrogen-bond donors (Lipinski definition) is 2. The summed E-state index contributed by atoms with van der Waals surface area (Å²) in [5, 5.41) is 0. The van der Waals surface area contributed by atoms with E-state index >= 15 is 0 Å². The molecule has 156 valence electrons. The van der Waals surface area contributed by atoms with Crippen LogP contribution in [0.1, 0.15) is 41.2 Å². The molecule has 3 rings (SSSR count). The van der Waals surface area contributed by atoms with Gasteiger partial charge in [-0.3, -0.25) is 15.6 Å². The van der Waals surface area contributed by atoms with E-state index in [1.807, 2.05) is 6.07 Å². The van der Waals surface area contributed by atoms with Gasteiger partial charge in [0.25, 0.3) is 5.91 Å². The van der Waals surface area contributed by atoms with Gasteiger partial charge in [-0.15, -0.1) is 0 Å². The molecule has 0 radical (unpaired) electrons. The van der Waals surface area contributed by atoms with Gasteiger partial charge in [0.15, 0.2) is 0 Å². The van der Waals surface area contributed by atoms with Gasteiger partial charge in [0.05, 0.1) is 19.8 Å². The van der Waals surface area contributed by atoms with E-state index in [1.165, 1.54) is 6.07 Å². The minimum absolute atomic E-state index is 0.0837. The number of carbonyl (C=O) groups is 1. The average molecular weight is 401 g/mol. The van der Waals surface area contributed by atoms with Gasteiger partial charge < -0.3 is 14.4 Å². The number of hydrogen-bond acceptors (Lipinski definition) is 5. The number of hydrazine groups is 1. The molecule has 1 fully saturated rings. The quantitative estimate of drug-likeness (QED) is 0.711. The second-order valence-electron chi connectivity index (χ2n) is 7.26. The van der Waals surface area contributed by atoms with Crippen LogP contribution in [-0.2, 0) is 0 Å². The normalized spacial score (nSPS) is 18.5. The third kappa shape index (κ3) is 5.25. The lowest BCUT2D eigenvalue weighted by Crippen LogP contribution is -2.32. The summed E-state index contributed by atoms with van der Waals surface area (Å²) in [6.07, 6.45) is 2.65. The van der Waals surface area contributed by atoms with E-state index in [2.05, 4.69) is 10.9 Å². The number of carbonyl (C=O) groups excluding carboxylic acids is 1. The van der Waals surface area contributed by atoms with E-state index in [9.17, 15) is 9.18 Å². The van der Waals surface area contributed by atoms with Crippen LogP contribution in [0.2, 0.25) is 0 Å². The molecular weight excluding hydrogens is 373 g/mol. The molecular formula is C22H28FN3O3. The molecule has 0 aromatic heterocycles. The molecule has 2 aromatic rings. The standard InChI is InChI=1S/C22H28FN3O3/c1-26(22(27)19-10-9-18(28-2)14-21(19)29-3)11-5-8-17-13-20(25-24-17)15-6-4-7-16(23)12-15/h4,6-7,9-10,12,14,17,20,24-25H,5,8,11,13H2,1-3H3. The highest BCUT2D eigenvalue weighted by atomic mass is 19.1. The van der Waals surface area contributed by atoms with Crippen molar-refractivity contribution < 1.29 is 18.7 Å². The van der Waals surface area contributed by atoms with Crippen LogP contribution in [0, 0.1) is 5.82 Å². The molecule has 1 amide bonds. The molecule has 1 saturated heterocycles. The average Bonchev–Trinajstić information content (AvgIpc) is 3.21. The van der Waals surface area contributed by atoms with E-state index in [1.54, 1.807) is 56.5 Å². The molecule has 0 saturated carbocycles.